The van der Waals surface area contributed by atoms with Crippen molar-refractivity contribution in [2.75, 3.05) is 13.1 Å². The normalized spacial score (nSPS) is 12.5. The number of unbranched alkanes of at least 4 members (excludes halogenated alkanes) is 2. The molecule has 210 valence electrons. The van der Waals surface area contributed by atoms with Gasteiger partial charge in [0.05, 0.1) is 11.4 Å². The van der Waals surface area contributed by atoms with Crippen molar-refractivity contribution in [1.82, 2.24) is 9.88 Å². The second-order valence-corrected chi connectivity index (χ2v) is 12.0. The maximum Gasteiger partial charge on any atom is 0.243 e. The first-order valence-corrected chi connectivity index (χ1v) is 15.7. The average Bonchev–Trinajstić information content (AvgIpc) is 3.39. The molecule has 1 heterocycles. The molecule has 41 heavy (non-hydrogen) atoms. The van der Waals surface area contributed by atoms with Crippen molar-refractivity contribution in [2.45, 2.75) is 38.6 Å². The molecule has 0 aliphatic rings. The predicted molar refractivity (Wildman–Crippen MR) is 174 cm³/mol. The number of fused-ring (bicyclic) bond motifs is 1. The van der Waals surface area contributed by atoms with Crippen LogP contribution in [0.15, 0.2) is 106 Å². The molecule has 1 atom stereocenters. The van der Waals surface area contributed by atoms with Crippen LogP contribution in [0, 0.1) is 6.92 Å². The van der Waals surface area contributed by atoms with Gasteiger partial charge in [-0.05, 0) is 78.0 Å². The molecule has 0 radical (unpaired) electrons. The van der Waals surface area contributed by atoms with Crippen LogP contribution in [-0.2, 0) is 11.2 Å². The molecule has 0 spiro atoms. The lowest BCUT2D eigenvalue weighted by Gasteiger charge is -2.22. The Hall–Kier alpha value is -3.52. The molecule has 0 fully saturated rings. The summed E-state index contributed by atoms with van der Waals surface area (Å²) in [5.74, 6) is -0.00636. The SMILES string of the molecule is Cc1cccc(N=c2scc(-c3ccc(Br)cc3)n2[C@H](Cc2cccc3ccccc23)C(=O)NCCCCCN)c1. The average molecular weight is 628 g/mol. The molecular formula is C34H35BrN4OS. The van der Waals surface area contributed by atoms with E-state index in [1.54, 1.807) is 11.3 Å². The molecule has 5 nitrogen and oxygen atoms in total. The highest BCUT2D eigenvalue weighted by Crippen LogP contribution is 2.29. The summed E-state index contributed by atoms with van der Waals surface area (Å²) in [5, 5.41) is 7.68. The number of carbonyl (C=O) groups is 1. The number of hydrogen-bond donors (Lipinski definition) is 2. The van der Waals surface area contributed by atoms with Crippen LogP contribution >= 0.6 is 27.3 Å². The number of carbonyl (C=O) groups excluding carboxylic acids is 1. The van der Waals surface area contributed by atoms with Crippen LogP contribution in [0.3, 0.4) is 0 Å². The van der Waals surface area contributed by atoms with Gasteiger partial charge >= 0.3 is 0 Å². The zero-order chi connectivity index (χ0) is 28.6. The number of thiazole rings is 1. The monoisotopic (exact) mass is 626 g/mol. The fourth-order valence-electron chi connectivity index (χ4n) is 5.10. The maximum atomic E-state index is 14.1. The molecule has 0 bridgehead atoms. The smallest absolute Gasteiger partial charge is 0.243 e. The molecule has 5 rings (SSSR count). The second kappa shape index (κ2) is 13.9. The van der Waals surface area contributed by atoms with Gasteiger partial charge in [-0.25, -0.2) is 4.99 Å². The number of aromatic nitrogens is 1. The van der Waals surface area contributed by atoms with Crippen LogP contribution < -0.4 is 15.9 Å². The number of aryl methyl sites for hydroxylation is 1. The molecule has 1 aromatic heterocycles. The number of nitrogens with two attached hydrogens (primary N) is 1. The van der Waals surface area contributed by atoms with Gasteiger partial charge in [0.1, 0.15) is 6.04 Å². The van der Waals surface area contributed by atoms with Crippen LogP contribution in [0.5, 0.6) is 0 Å². The number of hydrogen-bond acceptors (Lipinski definition) is 4. The highest BCUT2D eigenvalue weighted by atomic mass is 79.9. The highest BCUT2D eigenvalue weighted by molar-refractivity contribution is 9.10. The zero-order valence-corrected chi connectivity index (χ0v) is 25.6. The van der Waals surface area contributed by atoms with Gasteiger partial charge in [0.15, 0.2) is 4.80 Å². The third-order valence-corrected chi connectivity index (χ3v) is 8.56. The Kier molecular flexibility index (Phi) is 9.83. The number of halogens is 1. The third kappa shape index (κ3) is 7.22. The van der Waals surface area contributed by atoms with Crippen LogP contribution in [0.25, 0.3) is 22.0 Å². The minimum atomic E-state index is -0.497. The van der Waals surface area contributed by atoms with Gasteiger partial charge in [-0.15, -0.1) is 11.3 Å². The van der Waals surface area contributed by atoms with Gasteiger partial charge in [-0.2, -0.15) is 0 Å². The summed E-state index contributed by atoms with van der Waals surface area (Å²) in [6.45, 7) is 3.35. The summed E-state index contributed by atoms with van der Waals surface area (Å²) in [5.41, 5.74) is 10.8. The Bertz CT molecular complexity index is 1680. The van der Waals surface area contributed by atoms with Gasteiger partial charge in [0, 0.05) is 22.8 Å². The Morgan fingerprint density at radius 2 is 1.76 bits per heavy atom. The van der Waals surface area contributed by atoms with E-state index in [2.05, 4.69) is 105 Å². The fraction of sp³-hybridized carbons (Fsp3) is 0.235. The molecular weight excluding hydrogens is 592 g/mol. The van der Waals surface area contributed by atoms with Gasteiger partial charge < -0.3 is 15.6 Å². The summed E-state index contributed by atoms with van der Waals surface area (Å²) in [6.07, 6.45) is 3.39. The molecule has 0 unspecified atom stereocenters. The summed E-state index contributed by atoms with van der Waals surface area (Å²) in [7, 11) is 0. The van der Waals surface area contributed by atoms with E-state index >= 15 is 0 Å². The van der Waals surface area contributed by atoms with Crippen LogP contribution in [-0.4, -0.2) is 23.6 Å². The summed E-state index contributed by atoms with van der Waals surface area (Å²) >= 11 is 5.13. The van der Waals surface area contributed by atoms with Crippen molar-refractivity contribution >= 4 is 49.6 Å². The maximum absolute atomic E-state index is 14.1. The van der Waals surface area contributed by atoms with Crippen molar-refractivity contribution in [3.05, 3.63) is 117 Å². The van der Waals surface area contributed by atoms with E-state index in [9.17, 15) is 4.79 Å². The van der Waals surface area contributed by atoms with Crippen LogP contribution in [0.1, 0.15) is 36.4 Å². The van der Waals surface area contributed by atoms with Crippen molar-refractivity contribution in [3.63, 3.8) is 0 Å². The molecule has 0 saturated carbocycles. The Morgan fingerprint density at radius 1 is 0.976 bits per heavy atom. The van der Waals surface area contributed by atoms with E-state index in [0.717, 1.165) is 62.0 Å². The Morgan fingerprint density at radius 3 is 2.56 bits per heavy atom. The first kappa shape index (κ1) is 29.0. The third-order valence-electron chi connectivity index (χ3n) is 7.20. The van der Waals surface area contributed by atoms with E-state index in [4.69, 9.17) is 10.7 Å². The van der Waals surface area contributed by atoms with Crippen molar-refractivity contribution in [2.24, 2.45) is 10.7 Å². The lowest BCUT2D eigenvalue weighted by Crippen LogP contribution is -2.38. The lowest BCUT2D eigenvalue weighted by molar-refractivity contribution is -0.124. The molecule has 0 aliphatic carbocycles. The van der Waals surface area contributed by atoms with Crippen LogP contribution in [0.2, 0.25) is 0 Å². The van der Waals surface area contributed by atoms with Crippen molar-refractivity contribution in [3.8, 4) is 11.3 Å². The molecule has 4 aromatic carbocycles. The van der Waals surface area contributed by atoms with E-state index < -0.39 is 6.04 Å². The van der Waals surface area contributed by atoms with E-state index in [-0.39, 0.29) is 5.91 Å². The number of amides is 1. The molecule has 1 amide bonds. The number of benzene rings is 4. The first-order chi connectivity index (χ1) is 20.0. The Balaban J connectivity index is 1.64. The molecule has 3 N–H and O–H groups in total. The van der Waals surface area contributed by atoms with E-state index in [1.165, 1.54) is 5.39 Å². The minimum Gasteiger partial charge on any atom is -0.354 e. The predicted octanol–water partition coefficient (Wildman–Crippen LogP) is 7.70. The van der Waals surface area contributed by atoms with Crippen LogP contribution in [0.4, 0.5) is 5.69 Å². The topological polar surface area (TPSA) is 72.4 Å². The molecule has 0 saturated heterocycles. The highest BCUT2D eigenvalue weighted by Gasteiger charge is 2.26. The van der Waals surface area contributed by atoms with E-state index in [0.29, 0.717) is 19.5 Å². The lowest BCUT2D eigenvalue weighted by atomic mass is 9.97. The minimum absolute atomic E-state index is 0.00636. The van der Waals surface area contributed by atoms with Crippen molar-refractivity contribution < 1.29 is 4.79 Å². The number of rotatable bonds is 11. The molecule has 5 aromatic rings. The zero-order valence-electron chi connectivity index (χ0n) is 23.2. The summed E-state index contributed by atoms with van der Waals surface area (Å²) < 4.78 is 3.14. The first-order valence-electron chi connectivity index (χ1n) is 14.1. The van der Waals surface area contributed by atoms with E-state index in [1.807, 2.05) is 24.3 Å². The van der Waals surface area contributed by atoms with Gasteiger partial charge in [0.2, 0.25) is 5.91 Å². The largest absolute Gasteiger partial charge is 0.354 e. The molecule has 7 heteroatoms. The van der Waals surface area contributed by atoms with Gasteiger partial charge in [0.25, 0.3) is 0 Å². The summed E-state index contributed by atoms with van der Waals surface area (Å²) in [6, 6.07) is 30.6. The van der Waals surface area contributed by atoms with Gasteiger partial charge in [-0.3, -0.25) is 4.79 Å². The van der Waals surface area contributed by atoms with Gasteiger partial charge in [-0.1, -0.05) is 89.1 Å². The number of nitrogens with one attached hydrogen (secondary N) is 1. The summed E-state index contributed by atoms with van der Waals surface area (Å²) in [4.78, 5) is 20.0. The number of nitrogens with zero attached hydrogens (tertiary/aromatic N) is 2. The fourth-order valence-corrected chi connectivity index (χ4v) is 6.33. The quantitative estimate of drug-likeness (QED) is 0.147. The van der Waals surface area contributed by atoms with Crippen molar-refractivity contribution in [1.29, 1.82) is 0 Å². The standard InChI is InChI=1S/C34H35BrN4OS/c1-24-9-7-13-29(21-24)38-34-39(32(23-41-34)26-15-17-28(35)18-16-26)31(33(40)37-20-6-2-5-19-36)22-27-12-8-11-25-10-3-4-14-30(25)27/h3-4,7-18,21,23,31H,2,5-6,19-20,22,36H2,1H3,(H,37,40)/t31-/m1/s1. The molecule has 0 aliphatic heterocycles. The Labute approximate surface area is 253 Å². The second-order valence-electron chi connectivity index (χ2n) is 10.2.